The molecule has 0 bridgehead atoms. The minimum Gasteiger partial charge on any atom is -0.380 e. The summed E-state index contributed by atoms with van der Waals surface area (Å²) in [5.74, 6) is -1.03. The summed E-state index contributed by atoms with van der Waals surface area (Å²) in [4.78, 5) is 17.1. The largest absolute Gasteiger partial charge is 0.380 e. The van der Waals surface area contributed by atoms with Crippen LogP contribution in [0.4, 0.5) is 10.1 Å². The molecule has 4 atom stereocenters. The first-order chi connectivity index (χ1) is 16.3. The minimum absolute atomic E-state index is 0.0655. The van der Waals surface area contributed by atoms with Gasteiger partial charge < -0.3 is 14.9 Å². The zero-order chi connectivity index (χ0) is 24.3. The number of halogens is 2. The molecular formula is C27H29ClFN3O2. The second-order valence-electron chi connectivity index (χ2n) is 9.34. The van der Waals surface area contributed by atoms with Crippen LogP contribution >= 0.6 is 11.6 Å². The number of rotatable bonds is 6. The van der Waals surface area contributed by atoms with Gasteiger partial charge in [0.2, 0.25) is 0 Å². The summed E-state index contributed by atoms with van der Waals surface area (Å²) < 4.78 is 14.6. The van der Waals surface area contributed by atoms with Crippen molar-refractivity contribution in [3.05, 3.63) is 77.1 Å². The van der Waals surface area contributed by atoms with Gasteiger partial charge in [-0.05, 0) is 50.5 Å². The summed E-state index contributed by atoms with van der Waals surface area (Å²) >= 11 is 6.32. The quantitative estimate of drug-likeness (QED) is 0.625. The summed E-state index contributed by atoms with van der Waals surface area (Å²) in [6, 6.07) is 7.23. The topological polar surface area (TPSA) is 67.6 Å². The van der Waals surface area contributed by atoms with Crippen molar-refractivity contribution in [1.82, 2.24) is 4.90 Å². The lowest BCUT2D eigenvalue weighted by Gasteiger charge is -2.36. The molecule has 5 nitrogen and oxygen atoms in total. The lowest BCUT2D eigenvalue weighted by atomic mass is 9.83. The Bertz CT molecular complexity index is 1100. The zero-order valence-electron chi connectivity index (χ0n) is 19.2. The predicted octanol–water partition coefficient (Wildman–Crippen LogP) is 4.93. The van der Waals surface area contributed by atoms with Gasteiger partial charge in [0.15, 0.2) is 0 Å². The van der Waals surface area contributed by atoms with Crippen molar-refractivity contribution in [2.75, 3.05) is 24.5 Å². The van der Waals surface area contributed by atoms with Crippen LogP contribution in [0.2, 0.25) is 5.02 Å². The van der Waals surface area contributed by atoms with Crippen LogP contribution < -0.4 is 4.90 Å². The Morgan fingerprint density at radius 1 is 1.32 bits per heavy atom. The number of carbonyl (C=O) groups excluding carboxylic acids is 1. The van der Waals surface area contributed by atoms with Crippen molar-refractivity contribution in [1.29, 1.82) is 5.26 Å². The van der Waals surface area contributed by atoms with Gasteiger partial charge >= 0.3 is 0 Å². The number of carbonyl (C=O) groups is 1. The second kappa shape index (κ2) is 10.2. The molecular weight excluding hydrogens is 453 g/mol. The summed E-state index contributed by atoms with van der Waals surface area (Å²) in [5, 5.41) is 20.7. The molecule has 1 heterocycles. The fourth-order valence-corrected chi connectivity index (χ4v) is 5.16. The van der Waals surface area contributed by atoms with Crippen LogP contribution in [0.15, 0.2) is 66.6 Å². The van der Waals surface area contributed by atoms with E-state index >= 15 is 0 Å². The molecule has 178 valence electrons. The first-order valence-corrected chi connectivity index (χ1v) is 12.0. The van der Waals surface area contributed by atoms with Crippen LogP contribution in [-0.2, 0) is 4.79 Å². The molecule has 0 radical (unpaired) electrons. The minimum atomic E-state index is -1.50. The molecule has 3 aliphatic rings. The highest BCUT2D eigenvalue weighted by atomic mass is 35.5. The maximum Gasteiger partial charge on any atom is 0.254 e. The van der Waals surface area contributed by atoms with E-state index in [1.165, 1.54) is 6.08 Å². The third kappa shape index (κ3) is 4.96. The lowest BCUT2D eigenvalue weighted by molar-refractivity contribution is -0.152. The van der Waals surface area contributed by atoms with Gasteiger partial charge in [-0.1, -0.05) is 48.1 Å². The van der Waals surface area contributed by atoms with Crippen LogP contribution in [0.3, 0.4) is 0 Å². The number of anilines is 1. The Hall–Kier alpha value is -2.88. The Labute approximate surface area is 205 Å². The molecule has 2 aliphatic carbocycles. The standard InChI is InChI=1S/C27H29ClFN3O2/c1-27(34,21-8-3-2-4-9-21)26(33)31-14-13-23(18-31)32(17-20-7-5-6-10-25(20)29)22-12-11-19(16-30)24(28)15-22/h2-6,8,10-12,15,20-21,23,34H,7,9,13-14,17-18H2,1H3/t20?,21?,23-,27-/m0/s1. The summed E-state index contributed by atoms with van der Waals surface area (Å²) in [6.07, 6.45) is 14.7. The Kier molecular flexibility index (Phi) is 7.25. The number of likely N-dealkylation sites (tertiary alicyclic amines) is 1. The van der Waals surface area contributed by atoms with Crippen molar-refractivity contribution in [3.63, 3.8) is 0 Å². The molecule has 1 aliphatic heterocycles. The Morgan fingerprint density at radius 3 is 2.79 bits per heavy atom. The smallest absolute Gasteiger partial charge is 0.254 e. The van der Waals surface area contributed by atoms with Crippen molar-refractivity contribution in [2.24, 2.45) is 11.8 Å². The van der Waals surface area contributed by atoms with E-state index in [4.69, 9.17) is 11.6 Å². The van der Waals surface area contributed by atoms with Crippen LogP contribution in [0.25, 0.3) is 0 Å². The number of nitrogens with zero attached hydrogens (tertiary/aromatic N) is 3. The normalized spacial score (nSPS) is 25.6. The molecule has 0 spiro atoms. The number of amides is 1. The van der Waals surface area contributed by atoms with E-state index in [0.717, 1.165) is 5.69 Å². The summed E-state index contributed by atoms with van der Waals surface area (Å²) in [6.45, 7) is 2.94. The molecule has 4 rings (SSSR count). The predicted molar refractivity (Wildman–Crippen MR) is 132 cm³/mol. The third-order valence-corrected chi connectivity index (χ3v) is 7.36. The summed E-state index contributed by atoms with van der Waals surface area (Å²) in [5.41, 5.74) is -0.328. The summed E-state index contributed by atoms with van der Waals surface area (Å²) in [7, 11) is 0. The van der Waals surface area contributed by atoms with Crippen LogP contribution in [-0.4, -0.2) is 47.2 Å². The maximum absolute atomic E-state index is 14.6. The van der Waals surface area contributed by atoms with Crippen LogP contribution in [0.5, 0.6) is 0 Å². The number of aliphatic hydroxyl groups is 1. The first-order valence-electron chi connectivity index (χ1n) is 11.6. The van der Waals surface area contributed by atoms with Gasteiger partial charge in [-0.2, -0.15) is 5.26 Å². The molecule has 0 saturated carbocycles. The van der Waals surface area contributed by atoms with Crippen LogP contribution in [0, 0.1) is 23.2 Å². The first kappa shape index (κ1) is 24.3. The van der Waals surface area contributed by atoms with E-state index in [0.29, 0.717) is 49.5 Å². The fourth-order valence-electron chi connectivity index (χ4n) is 4.95. The number of allylic oxidation sites excluding steroid dienone is 6. The van der Waals surface area contributed by atoms with Crippen molar-refractivity contribution in [3.8, 4) is 6.07 Å². The van der Waals surface area contributed by atoms with Gasteiger partial charge in [0, 0.05) is 43.2 Å². The highest BCUT2D eigenvalue weighted by Crippen LogP contribution is 2.33. The molecule has 7 heteroatoms. The van der Waals surface area contributed by atoms with E-state index in [1.54, 1.807) is 30.0 Å². The second-order valence-corrected chi connectivity index (χ2v) is 9.74. The highest BCUT2D eigenvalue weighted by Gasteiger charge is 2.43. The number of nitriles is 1. The van der Waals surface area contributed by atoms with Gasteiger partial charge in [-0.15, -0.1) is 0 Å². The highest BCUT2D eigenvalue weighted by molar-refractivity contribution is 6.32. The van der Waals surface area contributed by atoms with E-state index in [1.807, 2.05) is 36.4 Å². The van der Waals surface area contributed by atoms with E-state index in [2.05, 4.69) is 11.0 Å². The van der Waals surface area contributed by atoms with Crippen molar-refractivity contribution < 1.29 is 14.3 Å². The molecule has 1 saturated heterocycles. The van der Waals surface area contributed by atoms with E-state index in [-0.39, 0.29) is 29.6 Å². The van der Waals surface area contributed by atoms with Gasteiger partial charge in [0.25, 0.3) is 5.91 Å². The zero-order valence-corrected chi connectivity index (χ0v) is 20.0. The van der Waals surface area contributed by atoms with Crippen molar-refractivity contribution in [2.45, 2.75) is 37.8 Å². The molecule has 34 heavy (non-hydrogen) atoms. The van der Waals surface area contributed by atoms with Gasteiger partial charge in [0.1, 0.15) is 17.5 Å². The molecule has 1 aromatic rings. The average Bonchev–Trinajstić information content (AvgIpc) is 3.33. The fraction of sp³-hybridized carbons (Fsp3) is 0.407. The average molecular weight is 482 g/mol. The monoisotopic (exact) mass is 481 g/mol. The molecule has 2 unspecified atom stereocenters. The van der Waals surface area contributed by atoms with Gasteiger partial charge in [0.05, 0.1) is 10.6 Å². The maximum atomic E-state index is 14.6. The van der Waals surface area contributed by atoms with Gasteiger partial charge in [-0.25, -0.2) is 4.39 Å². The molecule has 1 amide bonds. The number of hydrogen-bond donors (Lipinski definition) is 1. The van der Waals surface area contributed by atoms with E-state index < -0.39 is 5.60 Å². The molecule has 0 aromatic heterocycles. The van der Waals surface area contributed by atoms with E-state index in [9.17, 15) is 19.6 Å². The van der Waals surface area contributed by atoms with Gasteiger partial charge in [-0.3, -0.25) is 4.79 Å². The molecule has 1 N–H and O–H groups in total. The number of benzene rings is 1. The Morgan fingerprint density at radius 2 is 2.12 bits per heavy atom. The van der Waals surface area contributed by atoms with Crippen LogP contribution in [0.1, 0.15) is 31.7 Å². The molecule has 1 aromatic carbocycles. The third-order valence-electron chi connectivity index (χ3n) is 7.05. The lowest BCUT2D eigenvalue weighted by Crippen LogP contribution is -2.51. The van der Waals surface area contributed by atoms with Crippen molar-refractivity contribution >= 4 is 23.2 Å². The Balaban J connectivity index is 1.55. The number of hydrogen-bond acceptors (Lipinski definition) is 4. The molecule has 1 fully saturated rings. The SMILES string of the molecule is C[C@@](O)(C(=O)N1CC[C@H](N(CC2CC=CC=C2F)c2ccc(C#N)c(Cl)c2)C1)C1C=CC=CC1.